The second-order valence-corrected chi connectivity index (χ2v) is 4.94. The Balaban J connectivity index is 2.25. The van der Waals surface area contributed by atoms with Gasteiger partial charge in [0.05, 0.1) is 18.1 Å². The molecule has 0 saturated carbocycles. The number of hydrogen-bond acceptors (Lipinski definition) is 2. The van der Waals surface area contributed by atoms with Crippen molar-refractivity contribution in [2.45, 2.75) is 12.5 Å². The molecule has 0 aliphatic heterocycles. The third-order valence-corrected chi connectivity index (χ3v) is 3.65. The summed E-state index contributed by atoms with van der Waals surface area (Å²) < 4.78 is 1.68. The highest BCUT2D eigenvalue weighted by Gasteiger charge is 2.28. The van der Waals surface area contributed by atoms with E-state index in [-0.39, 0.29) is 5.91 Å². The van der Waals surface area contributed by atoms with Crippen LogP contribution in [0.5, 0.6) is 0 Å². The van der Waals surface area contributed by atoms with E-state index < -0.39 is 5.54 Å². The number of nitrogens with zero attached hydrogens (tertiary/aromatic N) is 2. The van der Waals surface area contributed by atoms with E-state index in [1.54, 1.807) is 17.9 Å². The van der Waals surface area contributed by atoms with Gasteiger partial charge in [-0.1, -0.05) is 30.3 Å². The predicted octanol–water partition coefficient (Wildman–Crippen LogP) is 2.30. The fourth-order valence-corrected chi connectivity index (χ4v) is 2.10. The Morgan fingerprint density at radius 2 is 2.11 bits per heavy atom. The molecule has 1 atom stereocenters. The zero-order valence-electron chi connectivity index (χ0n) is 10.9. The molecule has 0 fully saturated rings. The van der Waals surface area contributed by atoms with Gasteiger partial charge in [0.15, 0.2) is 0 Å². The number of aromatic nitrogens is 2. The van der Waals surface area contributed by atoms with Crippen molar-refractivity contribution in [3.63, 3.8) is 0 Å². The zero-order chi connectivity index (χ0) is 13.9. The van der Waals surface area contributed by atoms with Gasteiger partial charge in [0.2, 0.25) is 0 Å². The molecule has 0 radical (unpaired) electrons. The molecule has 0 spiro atoms. The minimum atomic E-state index is -0.607. The van der Waals surface area contributed by atoms with E-state index in [4.69, 9.17) is 11.6 Å². The fourth-order valence-electron chi connectivity index (χ4n) is 1.88. The van der Waals surface area contributed by atoms with Crippen molar-refractivity contribution < 1.29 is 4.79 Å². The summed E-state index contributed by atoms with van der Waals surface area (Å²) in [6, 6.07) is 9.69. The van der Waals surface area contributed by atoms with E-state index in [9.17, 15) is 4.79 Å². The molecule has 1 heterocycles. The van der Waals surface area contributed by atoms with Gasteiger partial charge in [0.1, 0.15) is 5.69 Å². The predicted molar refractivity (Wildman–Crippen MR) is 75.2 cm³/mol. The second kappa shape index (κ2) is 5.45. The van der Waals surface area contributed by atoms with Crippen molar-refractivity contribution in [1.82, 2.24) is 14.9 Å². The topological polar surface area (TPSA) is 46.9 Å². The first-order valence-electron chi connectivity index (χ1n) is 5.97. The molecule has 1 N–H and O–H groups in total. The number of alkyl halides is 1. The number of carbonyl (C=O) groups excluding carboxylic acids is 1. The van der Waals surface area contributed by atoms with Crippen molar-refractivity contribution in [3.8, 4) is 0 Å². The molecule has 100 valence electrons. The van der Waals surface area contributed by atoms with Gasteiger partial charge >= 0.3 is 0 Å². The van der Waals surface area contributed by atoms with Gasteiger partial charge in [-0.25, -0.2) is 4.98 Å². The van der Waals surface area contributed by atoms with Crippen LogP contribution >= 0.6 is 11.6 Å². The molecule has 0 aliphatic carbocycles. The molecule has 0 aliphatic rings. The Hall–Kier alpha value is -1.81. The molecular weight excluding hydrogens is 262 g/mol. The molecule has 1 unspecified atom stereocenters. The number of benzene rings is 1. The summed E-state index contributed by atoms with van der Waals surface area (Å²) in [4.78, 5) is 16.2. The van der Waals surface area contributed by atoms with Crippen LogP contribution < -0.4 is 5.32 Å². The van der Waals surface area contributed by atoms with E-state index in [0.29, 0.717) is 11.6 Å². The Kier molecular flexibility index (Phi) is 3.90. The zero-order valence-corrected chi connectivity index (χ0v) is 11.7. The second-order valence-electron chi connectivity index (χ2n) is 4.68. The molecule has 1 aromatic carbocycles. The first-order chi connectivity index (χ1) is 9.07. The third-order valence-electron chi connectivity index (χ3n) is 3.12. The van der Waals surface area contributed by atoms with Gasteiger partial charge < -0.3 is 9.88 Å². The monoisotopic (exact) mass is 277 g/mol. The lowest BCUT2D eigenvalue weighted by molar-refractivity contribution is 0.0905. The van der Waals surface area contributed by atoms with Crippen LogP contribution in [0.25, 0.3) is 0 Å². The van der Waals surface area contributed by atoms with Crippen molar-refractivity contribution in [2.75, 3.05) is 5.88 Å². The maximum Gasteiger partial charge on any atom is 0.270 e. The number of aryl methyl sites for hydroxylation is 1. The van der Waals surface area contributed by atoms with Crippen LogP contribution in [0.3, 0.4) is 0 Å². The summed E-state index contributed by atoms with van der Waals surface area (Å²) in [6.07, 6.45) is 3.13. The highest BCUT2D eigenvalue weighted by molar-refractivity contribution is 6.18. The van der Waals surface area contributed by atoms with Crippen molar-refractivity contribution >= 4 is 17.5 Å². The van der Waals surface area contributed by atoms with Gasteiger partial charge in [-0.3, -0.25) is 4.79 Å². The van der Waals surface area contributed by atoms with Crippen molar-refractivity contribution in [2.24, 2.45) is 7.05 Å². The Bertz CT molecular complexity index is 567. The number of hydrogen-bond donors (Lipinski definition) is 1. The number of rotatable bonds is 4. The molecule has 5 heteroatoms. The molecule has 2 aromatic rings. The molecule has 4 nitrogen and oxygen atoms in total. The van der Waals surface area contributed by atoms with Gasteiger partial charge in [0, 0.05) is 12.9 Å². The highest BCUT2D eigenvalue weighted by Crippen LogP contribution is 2.22. The minimum absolute atomic E-state index is 0.188. The summed E-state index contributed by atoms with van der Waals surface area (Å²) in [5, 5.41) is 2.97. The van der Waals surface area contributed by atoms with E-state index in [0.717, 1.165) is 5.56 Å². The molecule has 1 amide bonds. The fraction of sp³-hybridized carbons (Fsp3) is 0.286. The number of carbonyl (C=O) groups is 1. The van der Waals surface area contributed by atoms with E-state index in [2.05, 4.69) is 10.3 Å². The van der Waals surface area contributed by atoms with Crippen LogP contribution in [-0.4, -0.2) is 21.3 Å². The van der Waals surface area contributed by atoms with Crippen LogP contribution in [-0.2, 0) is 12.6 Å². The van der Waals surface area contributed by atoms with Gasteiger partial charge in [-0.15, -0.1) is 11.6 Å². The summed E-state index contributed by atoms with van der Waals surface area (Å²) in [5.41, 5.74) is 0.872. The van der Waals surface area contributed by atoms with E-state index >= 15 is 0 Å². The van der Waals surface area contributed by atoms with E-state index in [1.807, 2.05) is 37.3 Å². The van der Waals surface area contributed by atoms with Crippen molar-refractivity contribution in [1.29, 1.82) is 0 Å². The molecule has 1 aromatic heterocycles. The summed E-state index contributed by atoms with van der Waals surface area (Å²) >= 11 is 6.05. The van der Waals surface area contributed by atoms with E-state index in [1.165, 1.54) is 6.20 Å². The van der Waals surface area contributed by atoms with Gasteiger partial charge in [0.25, 0.3) is 5.91 Å². The molecule has 2 rings (SSSR count). The number of imidazole rings is 1. The van der Waals surface area contributed by atoms with Crippen LogP contribution in [0, 0.1) is 0 Å². The minimum Gasteiger partial charge on any atom is -0.340 e. The summed E-state index contributed by atoms with van der Waals surface area (Å²) in [7, 11) is 1.78. The molecule has 0 saturated heterocycles. The van der Waals surface area contributed by atoms with Gasteiger partial charge in [-0.2, -0.15) is 0 Å². The normalized spacial score (nSPS) is 13.8. The average molecular weight is 278 g/mol. The van der Waals surface area contributed by atoms with Crippen LogP contribution in [0.2, 0.25) is 0 Å². The standard InChI is InChI=1S/C14H16ClN3O/c1-14(9-15,11-6-4-3-5-7-11)17-13(19)12-8-16-10-18(12)2/h3-8,10H,9H2,1-2H3,(H,17,19). The average Bonchev–Trinajstić information content (AvgIpc) is 2.86. The number of amides is 1. The van der Waals surface area contributed by atoms with Crippen LogP contribution in [0.1, 0.15) is 23.0 Å². The summed E-state index contributed by atoms with van der Waals surface area (Å²) in [5.74, 6) is 0.104. The molecular formula is C14H16ClN3O. The Labute approximate surface area is 117 Å². The highest BCUT2D eigenvalue weighted by atomic mass is 35.5. The maximum atomic E-state index is 12.2. The van der Waals surface area contributed by atoms with Crippen molar-refractivity contribution in [3.05, 3.63) is 54.1 Å². The van der Waals surface area contributed by atoms with Gasteiger partial charge in [-0.05, 0) is 12.5 Å². The Morgan fingerprint density at radius 1 is 1.42 bits per heavy atom. The van der Waals surface area contributed by atoms with Crippen LogP contribution in [0.4, 0.5) is 0 Å². The lowest BCUT2D eigenvalue weighted by Crippen LogP contribution is -2.45. The number of nitrogens with one attached hydrogen (secondary N) is 1. The third kappa shape index (κ3) is 2.79. The maximum absolute atomic E-state index is 12.2. The SMILES string of the molecule is Cn1cncc1C(=O)NC(C)(CCl)c1ccccc1. The number of halogens is 1. The quantitative estimate of drug-likeness (QED) is 0.872. The Morgan fingerprint density at radius 3 is 2.63 bits per heavy atom. The molecule has 19 heavy (non-hydrogen) atoms. The van der Waals surface area contributed by atoms with Crippen LogP contribution in [0.15, 0.2) is 42.9 Å². The lowest BCUT2D eigenvalue weighted by Gasteiger charge is -2.29. The lowest BCUT2D eigenvalue weighted by atomic mass is 9.94. The first kappa shape index (κ1) is 13.6. The summed E-state index contributed by atoms with van der Waals surface area (Å²) in [6.45, 7) is 1.91. The smallest absolute Gasteiger partial charge is 0.270 e. The largest absolute Gasteiger partial charge is 0.340 e. The first-order valence-corrected chi connectivity index (χ1v) is 6.50. The molecule has 0 bridgehead atoms.